The quantitative estimate of drug-likeness (QED) is 0.905. The van der Waals surface area contributed by atoms with Crippen molar-refractivity contribution < 1.29 is 9.00 Å². The van der Waals surface area contributed by atoms with Gasteiger partial charge in [-0.25, -0.2) is 0 Å². The van der Waals surface area contributed by atoms with Crippen LogP contribution in [0.1, 0.15) is 33.6 Å². The third-order valence-electron chi connectivity index (χ3n) is 4.11. The van der Waals surface area contributed by atoms with Gasteiger partial charge >= 0.3 is 0 Å². The Bertz CT molecular complexity index is 536. The van der Waals surface area contributed by atoms with Gasteiger partial charge in [-0.05, 0) is 48.4 Å². The van der Waals surface area contributed by atoms with E-state index in [0.29, 0.717) is 28.8 Å². The number of carbonyl (C=O) groups excluding carboxylic acids is 1. The minimum Gasteiger partial charge on any atom is -0.355 e. The summed E-state index contributed by atoms with van der Waals surface area (Å²) in [6.07, 6.45) is 1.59. The summed E-state index contributed by atoms with van der Waals surface area (Å²) in [7, 11) is -1.35. The Morgan fingerprint density at radius 1 is 1.24 bits per heavy atom. The topological polar surface area (TPSA) is 46.2 Å². The molecule has 0 spiro atoms. The van der Waals surface area contributed by atoms with E-state index in [9.17, 15) is 9.00 Å². The number of amides is 1. The van der Waals surface area contributed by atoms with Gasteiger partial charge in [0.2, 0.25) is 5.91 Å². The molecule has 1 fully saturated rings. The first kappa shape index (κ1) is 16.5. The number of carbonyl (C=O) groups is 1. The zero-order valence-corrected chi connectivity index (χ0v) is 14.3. The SMILES string of the molecule is CC(C)(C)C1CCNC(=O)C(S(=O)c2ccc(Cl)cc2)C1. The Labute approximate surface area is 133 Å². The van der Waals surface area contributed by atoms with E-state index in [1.165, 1.54) is 0 Å². The fourth-order valence-electron chi connectivity index (χ4n) is 2.67. The average Bonchev–Trinajstić information content (AvgIpc) is 2.60. The molecule has 1 aromatic carbocycles. The second kappa shape index (κ2) is 6.49. The zero-order valence-electron chi connectivity index (χ0n) is 12.7. The standard InChI is InChI=1S/C16H22ClNO2S/c1-16(2,3)11-8-9-18-15(19)14(10-11)21(20)13-6-4-12(17)5-7-13/h4-7,11,14H,8-10H2,1-3H3,(H,18,19). The summed E-state index contributed by atoms with van der Waals surface area (Å²) in [4.78, 5) is 12.9. The number of nitrogens with one attached hydrogen (secondary N) is 1. The van der Waals surface area contributed by atoms with Gasteiger partial charge < -0.3 is 5.32 Å². The van der Waals surface area contributed by atoms with Crippen LogP contribution in [0.15, 0.2) is 29.2 Å². The third kappa shape index (κ3) is 4.07. The maximum atomic E-state index is 12.8. The van der Waals surface area contributed by atoms with Crippen molar-refractivity contribution in [3.8, 4) is 0 Å². The number of hydrogen-bond acceptors (Lipinski definition) is 2. The van der Waals surface area contributed by atoms with Crippen LogP contribution < -0.4 is 5.32 Å². The average molecular weight is 328 g/mol. The van der Waals surface area contributed by atoms with Crippen molar-refractivity contribution in [3.05, 3.63) is 29.3 Å². The molecule has 2 rings (SSSR count). The summed E-state index contributed by atoms with van der Waals surface area (Å²) in [5.41, 5.74) is 0.106. The highest BCUT2D eigenvalue weighted by molar-refractivity contribution is 7.86. The van der Waals surface area contributed by atoms with E-state index >= 15 is 0 Å². The van der Waals surface area contributed by atoms with Crippen molar-refractivity contribution in [2.75, 3.05) is 6.54 Å². The Kier molecular flexibility index (Phi) is 5.10. The molecule has 3 nitrogen and oxygen atoms in total. The number of rotatable bonds is 2. The minimum absolute atomic E-state index is 0.102. The first-order valence-electron chi connectivity index (χ1n) is 7.23. The van der Waals surface area contributed by atoms with Crippen molar-refractivity contribution in [1.29, 1.82) is 0 Å². The highest BCUT2D eigenvalue weighted by atomic mass is 35.5. The zero-order chi connectivity index (χ0) is 15.6. The molecule has 1 aliphatic rings. The second-order valence-corrected chi connectivity index (χ2v) is 8.69. The lowest BCUT2D eigenvalue weighted by Gasteiger charge is -2.30. The van der Waals surface area contributed by atoms with Crippen LogP contribution in [-0.2, 0) is 15.6 Å². The molecule has 1 amide bonds. The van der Waals surface area contributed by atoms with E-state index in [1.54, 1.807) is 24.3 Å². The van der Waals surface area contributed by atoms with Crippen LogP contribution in [0, 0.1) is 11.3 Å². The van der Waals surface area contributed by atoms with Gasteiger partial charge in [0.05, 0.1) is 10.8 Å². The number of halogens is 1. The Balaban J connectivity index is 2.24. The van der Waals surface area contributed by atoms with E-state index in [0.717, 1.165) is 6.42 Å². The largest absolute Gasteiger partial charge is 0.355 e. The van der Waals surface area contributed by atoms with Crippen molar-refractivity contribution in [2.24, 2.45) is 11.3 Å². The summed E-state index contributed by atoms with van der Waals surface area (Å²) in [5, 5.41) is 3.02. The van der Waals surface area contributed by atoms with Gasteiger partial charge in [0.15, 0.2) is 0 Å². The summed E-state index contributed by atoms with van der Waals surface area (Å²) < 4.78 is 12.8. The predicted molar refractivity (Wildman–Crippen MR) is 86.8 cm³/mol. The normalized spacial score (nSPS) is 25.0. The van der Waals surface area contributed by atoms with E-state index in [1.807, 2.05) is 0 Å². The lowest BCUT2D eigenvalue weighted by molar-refractivity contribution is -0.120. The smallest absolute Gasteiger partial charge is 0.236 e. The van der Waals surface area contributed by atoms with E-state index < -0.39 is 16.0 Å². The maximum absolute atomic E-state index is 12.8. The molecule has 1 aromatic rings. The highest BCUT2D eigenvalue weighted by Gasteiger charge is 2.36. The Morgan fingerprint density at radius 2 is 1.86 bits per heavy atom. The molecular formula is C16H22ClNO2S. The summed E-state index contributed by atoms with van der Waals surface area (Å²) >= 11 is 5.86. The highest BCUT2D eigenvalue weighted by Crippen LogP contribution is 2.35. The molecule has 1 heterocycles. The molecule has 3 unspecified atom stereocenters. The maximum Gasteiger partial charge on any atom is 0.236 e. The Morgan fingerprint density at radius 3 is 2.43 bits per heavy atom. The molecule has 1 aliphatic heterocycles. The lowest BCUT2D eigenvalue weighted by atomic mass is 9.76. The van der Waals surface area contributed by atoms with Crippen LogP contribution in [0.5, 0.6) is 0 Å². The van der Waals surface area contributed by atoms with Crippen LogP contribution >= 0.6 is 11.6 Å². The molecule has 5 heteroatoms. The minimum atomic E-state index is -1.35. The van der Waals surface area contributed by atoms with E-state index in [2.05, 4.69) is 26.1 Å². The summed E-state index contributed by atoms with van der Waals surface area (Å²) in [5.74, 6) is 0.271. The van der Waals surface area contributed by atoms with Gasteiger partial charge in [-0.1, -0.05) is 32.4 Å². The van der Waals surface area contributed by atoms with Crippen LogP contribution in [-0.4, -0.2) is 21.9 Å². The molecule has 1 saturated heterocycles. The van der Waals surface area contributed by atoms with Gasteiger partial charge in [-0.3, -0.25) is 9.00 Å². The molecule has 21 heavy (non-hydrogen) atoms. The number of hydrogen-bond donors (Lipinski definition) is 1. The molecule has 3 atom stereocenters. The van der Waals surface area contributed by atoms with Gasteiger partial charge in [-0.15, -0.1) is 0 Å². The van der Waals surface area contributed by atoms with Crippen LogP contribution in [0.2, 0.25) is 5.02 Å². The van der Waals surface area contributed by atoms with Crippen LogP contribution in [0.4, 0.5) is 0 Å². The second-order valence-electron chi connectivity index (χ2n) is 6.62. The first-order valence-corrected chi connectivity index (χ1v) is 8.82. The van der Waals surface area contributed by atoms with Gasteiger partial charge in [0, 0.05) is 16.5 Å². The molecule has 0 aliphatic carbocycles. The van der Waals surface area contributed by atoms with E-state index in [4.69, 9.17) is 11.6 Å². The van der Waals surface area contributed by atoms with Crippen molar-refractivity contribution in [3.63, 3.8) is 0 Å². The first-order chi connectivity index (χ1) is 9.79. The monoisotopic (exact) mass is 327 g/mol. The van der Waals surface area contributed by atoms with Gasteiger partial charge in [0.25, 0.3) is 0 Å². The van der Waals surface area contributed by atoms with Gasteiger partial charge in [0.1, 0.15) is 5.25 Å². The van der Waals surface area contributed by atoms with Gasteiger partial charge in [-0.2, -0.15) is 0 Å². The molecule has 116 valence electrons. The Hall–Kier alpha value is -0.870. The molecule has 1 N–H and O–H groups in total. The van der Waals surface area contributed by atoms with Crippen molar-refractivity contribution >= 4 is 28.3 Å². The fraction of sp³-hybridized carbons (Fsp3) is 0.562. The predicted octanol–water partition coefficient (Wildman–Crippen LogP) is 3.39. The third-order valence-corrected chi connectivity index (χ3v) is 6.02. The summed E-state index contributed by atoms with van der Waals surface area (Å²) in [6.45, 7) is 7.19. The van der Waals surface area contributed by atoms with Crippen LogP contribution in [0.3, 0.4) is 0 Å². The van der Waals surface area contributed by atoms with Crippen molar-refractivity contribution in [2.45, 2.75) is 43.8 Å². The lowest BCUT2D eigenvalue weighted by Crippen LogP contribution is -2.36. The molecule has 0 aromatic heterocycles. The molecular weight excluding hydrogens is 306 g/mol. The summed E-state index contributed by atoms with van der Waals surface area (Å²) in [6, 6.07) is 6.90. The molecule has 0 radical (unpaired) electrons. The molecule has 0 saturated carbocycles. The van der Waals surface area contributed by atoms with Crippen LogP contribution in [0.25, 0.3) is 0 Å². The molecule has 0 bridgehead atoms. The van der Waals surface area contributed by atoms with E-state index in [-0.39, 0.29) is 11.3 Å². The number of benzene rings is 1. The fourth-order valence-corrected chi connectivity index (χ4v) is 4.21. The van der Waals surface area contributed by atoms with Crippen molar-refractivity contribution in [1.82, 2.24) is 5.32 Å².